The molecule has 5 nitrogen and oxygen atoms in total. The van der Waals surface area contributed by atoms with Crippen molar-refractivity contribution in [1.82, 2.24) is 4.72 Å². The van der Waals surface area contributed by atoms with E-state index in [4.69, 9.17) is 0 Å². The van der Waals surface area contributed by atoms with Crippen molar-refractivity contribution in [2.45, 2.75) is 0 Å². The van der Waals surface area contributed by atoms with Crippen LogP contribution >= 0.6 is 0 Å². The molecule has 0 fully saturated rings. The van der Waals surface area contributed by atoms with Gasteiger partial charge < -0.3 is 0 Å². The lowest BCUT2D eigenvalue weighted by molar-refractivity contribution is -0.115. The summed E-state index contributed by atoms with van der Waals surface area (Å²) in [7, 11) is -3.82. The van der Waals surface area contributed by atoms with Crippen LogP contribution in [0.2, 0.25) is 0 Å². The number of rotatable bonds is 3. The maximum atomic E-state index is 11.3. The molecule has 0 bridgehead atoms. The molecule has 0 saturated carbocycles. The highest BCUT2D eigenvalue weighted by atomic mass is 32.2. The molecule has 1 rings (SSSR count). The Bertz CT molecular complexity index is 478. The molecule has 15 heavy (non-hydrogen) atoms. The second kappa shape index (κ2) is 4.22. The largest absolute Gasteiger partial charge is 0.328 e. The molecule has 0 aliphatic heterocycles. The number of hydrogen-bond acceptors (Lipinski definition) is 4. The van der Waals surface area contributed by atoms with Gasteiger partial charge in [0.15, 0.2) is 0 Å². The van der Waals surface area contributed by atoms with Crippen LogP contribution in [0.25, 0.3) is 0 Å². The molecule has 0 N–H and O–H groups in total. The molecule has 0 unspecified atom stereocenters. The lowest BCUT2D eigenvalue weighted by Crippen LogP contribution is -2.29. The summed E-state index contributed by atoms with van der Waals surface area (Å²) in [5.41, 5.74) is 0.120. The third-order valence-corrected chi connectivity index (χ3v) is 1.98. The van der Waals surface area contributed by atoms with Crippen molar-refractivity contribution in [2.24, 2.45) is 0 Å². The van der Waals surface area contributed by atoms with Crippen molar-refractivity contribution >= 4 is 21.7 Å². The molecule has 1 radical (unpaired) electrons. The van der Waals surface area contributed by atoms with Crippen LogP contribution in [0.4, 0.5) is 0 Å². The van der Waals surface area contributed by atoms with Crippen LogP contribution in [-0.2, 0) is 14.8 Å². The first kappa shape index (κ1) is 11.4. The van der Waals surface area contributed by atoms with Gasteiger partial charge in [-0.1, -0.05) is 30.3 Å². The molecular formula is C9H8NO4S. The van der Waals surface area contributed by atoms with Gasteiger partial charge in [-0.3, -0.25) is 9.59 Å². The predicted molar refractivity (Wildman–Crippen MR) is 52.8 cm³/mol. The van der Waals surface area contributed by atoms with Crippen LogP contribution in [0.1, 0.15) is 10.4 Å². The zero-order valence-electron chi connectivity index (χ0n) is 7.88. The number of sulfonamides is 1. The Morgan fingerprint density at radius 3 is 2.13 bits per heavy atom. The topological polar surface area (TPSA) is 82.4 Å². The van der Waals surface area contributed by atoms with E-state index in [1.165, 1.54) is 12.1 Å². The number of hydrogen-bond donors (Lipinski definition) is 0. The average Bonchev–Trinajstić information content (AvgIpc) is 2.15. The smallest absolute Gasteiger partial charge is 0.283 e. The normalized spacial score (nSPS) is 10.7. The number of benzene rings is 1. The summed E-state index contributed by atoms with van der Waals surface area (Å²) in [5.74, 6) is -2.20. The minimum Gasteiger partial charge on any atom is -0.283 e. The summed E-state index contributed by atoms with van der Waals surface area (Å²) in [4.78, 5) is 22.4. The van der Waals surface area contributed by atoms with E-state index in [2.05, 4.69) is 4.72 Å². The zero-order chi connectivity index (χ0) is 11.5. The summed E-state index contributed by atoms with van der Waals surface area (Å²) in [6.07, 6.45) is 0.753. The molecule has 0 heterocycles. The maximum Gasteiger partial charge on any atom is 0.328 e. The van der Waals surface area contributed by atoms with Crippen LogP contribution in [0, 0.1) is 0 Å². The first-order valence-electron chi connectivity index (χ1n) is 3.97. The van der Waals surface area contributed by atoms with Gasteiger partial charge >= 0.3 is 5.91 Å². The third kappa shape index (κ3) is 3.51. The summed E-state index contributed by atoms with van der Waals surface area (Å²) < 4.78 is 24.0. The molecule has 1 aromatic rings. The van der Waals surface area contributed by atoms with Gasteiger partial charge in [-0.15, -0.1) is 4.72 Å². The fourth-order valence-corrected chi connectivity index (χ4v) is 1.29. The molecule has 0 atom stereocenters. The van der Waals surface area contributed by atoms with Gasteiger partial charge in [-0.25, -0.2) is 8.42 Å². The fraction of sp³-hybridized carbons (Fsp3) is 0.111. The van der Waals surface area contributed by atoms with Crippen molar-refractivity contribution in [3.8, 4) is 0 Å². The van der Waals surface area contributed by atoms with Crippen LogP contribution in [0.5, 0.6) is 0 Å². The highest BCUT2D eigenvalue weighted by Crippen LogP contribution is 2.00. The van der Waals surface area contributed by atoms with Crippen molar-refractivity contribution in [1.29, 1.82) is 0 Å². The van der Waals surface area contributed by atoms with Crippen molar-refractivity contribution in [3.63, 3.8) is 0 Å². The lowest BCUT2D eigenvalue weighted by Gasteiger charge is -1.98. The Morgan fingerprint density at radius 2 is 1.67 bits per heavy atom. The van der Waals surface area contributed by atoms with Crippen LogP contribution in [0.3, 0.4) is 0 Å². The quantitative estimate of drug-likeness (QED) is 0.535. The number of ketones is 1. The van der Waals surface area contributed by atoms with Crippen LogP contribution in [-0.4, -0.2) is 26.4 Å². The van der Waals surface area contributed by atoms with E-state index in [0.717, 1.165) is 6.26 Å². The van der Waals surface area contributed by atoms with Crippen molar-refractivity contribution in [3.05, 3.63) is 35.9 Å². The number of carbonyl (C=O) groups excluding carboxylic acids is 2. The number of amides is 1. The molecular weight excluding hydrogens is 218 g/mol. The Labute approximate surface area is 87.2 Å². The van der Waals surface area contributed by atoms with Gasteiger partial charge in [0.2, 0.25) is 0 Å². The molecule has 0 saturated heterocycles. The van der Waals surface area contributed by atoms with Gasteiger partial charge in [0.05, 0.1) is 6.26 Å². The van der Waals surface area contributed by atoms with E-state index < -0.39 is 21.7 Å². The standard InChI is InChI=1S/C9H8NO4S/c1-15(13,14)10-9(12)8(11)7-5-3-2-4-6-7/h2-6H,1H3. The number of carbonyl (C=O) groups is 2. The van der Waals surface area contributed by atoms with E-state index in [0.29, 0.717) is 0 Å². The molecule has 0 aromatic heterocycles. The SMILES string of the molecule is CS(=O)(=O)[N]C(=O)C(=O)c1ccccc1. The molecule has 1 aromatic carbocycles. The Hall–Kier alpha value is -1.69. The van der Waals surface area contributed by atoms with Gasteiger partial charge in [0, 0.05) is 5.56 Å². The summed E-state index contributed by atoms with van der Waals surface area (Å²) in [6, 6.07) is 7.65. The van der Waals surface area contributed by atoms with E-state index >= 15 is 0 Å². The Kier molecular flexibility index (Phi) is 3.21. The Morgan fingerprint density at radius 1 is 1.13 bits per heavy atom. The summed E-state index contributed by atoms with van der Waals surface area (Å²) in [5, 5.41) is 0. The van der Waals surface area contributed by atoms with Gasteiger partial charge in [-0.2, -0.15) is 0 Å². The highest BCUT2D eigenvalue weighted by Gasteiger charge is 2.21. The Balaban J connectivity index is 2.84. The minimum atomic E-state index is -3.82. The van der Waals surface area contributed by atoms with Gasteiger partial charge in [0.25, 0.3) is 15.8 Å². The van der Waals surface area contributed by atoms with Crippen molar-refractivity contribution < 1.29 is 18.0 Å². The molecule has 79 valence electrons. The summed E-state index contributed by atoms with van der Waals surface area (Å²) in [6.45, 7) is 0. The van der Waals surface area contributed by atoms with Gasteiger partial charge in [-0.05, 0) is 0 Å². The molecule has 1 amide bonds. The van der Waals surface area contributed by atoms with E-state index in [9.17, 15) is 18.0 Å². The lowest BCUT2D eigenvalue weighted by atomic mass is 10.1. The second-order valence-electron chi connectivity index (χ2n) is 2.82. The number of nitrogens with zero attached hydrogens (tertiary/aromatic N) is 1. The highest BCUT2D eigenvalue weighted by molar-refractivity contribution is 7.89. The predicted octanol–water partition coefficient (Wildman–Crippen LogP) is -0.0401. The van der Waals surface area contributed by atoms with Crippen LogP contribution < -0.4 is 4.72 Å². The maximum absolute atomic E-state index is 11.3. The first-order chi connectivity index (χ1) is 6.90. The minimum absolute atomic E-state index is 0.120. The average molecular weight is 226 g/mol. The molecule has 0 aliphatic carbocycles. The van der Waals surface area contributed by atoms with E-state index in [1.807, 2.05) is 0 Å². The van der Waals surface area contributed by atoms with Crippen molar-refractivity contribution in [2.75, 3.05) is 6.26 Å². The summed E-state index contributed by atoms with van der Waals surface area (Å²) >= 11 is 0. The zero-order valence-corrected chi connectivity index (χ0v) is 8.69. The third-order valence-electron chi connectivity index (χ3n) is 1.48. The van der Waals surface area contributed by atoms with Gasteiger partial charge in [0.1, 0.15) is 0 Å². The number of Topliss-reactive ketones (excluding diaryl/α,β-unsaturated/α-hetero) is 1. The molecule has 6 heteroatoms. The van der Waals surface area contributed by atoms with Crippen LogP contribution in [0.15, 0.2) is 30.3 Å². The van der Waals surface area contributed by atoms with E-state index in [-0.39, 0.29) is 5.56 Å². The first-order valence-corrected chi connectivity index (χ1v) is 5.82. The fourth-order valence-electron chi connectivity index (χ4n) is 0.905. The monoisotopic (exact) mass is 226 g/mol. The van der Waals surface area contributed by atoms with E-state index in [1.54, 1.807) is 18.2 Å². The molecule has 0 spiro atoms. The second-order valence-corrected chi connectivity index (χ2v) is 4.47. The molecule has 0 aliphatic rings.